The van der Waals surface area contributed by atoms with Crippen molar-refractivity contribution in [2.45, 2.75) is 38.8 Å². The molecule has 2 atom stereocenters. The molecule has 0 aromatic carbocycles. The summed E-state index contributed by atoms with van der Waals surface area (Å²) in [5.74, 6) is 0. The number of hydrogen-bond donors (Lipinski definition) is 1. The SMILES string of the molecule is CCN(CC1CCCN1)C(C)c1cnn(C)c1. The maximum Gasteiger partial charge on any atom is 0.0537 e. The summed E-state index contributed by atoms with van der Waals surface area (Å²) in [5.41, 5.74) is 1.31. The van der Waals surface area contributed by atoms with Crippen LogP contribution >= 0.6 is 0 Å². The minimum Gasteiger partial charge on any atom is -0.313 e. The van der Waals surface area contributed by atoms with Gasteiger partial charge < -0.3 is 5.32 Å². The fourth-order valence-corrected chi connectivity index (χ4v) is 2.62. The van der Waals surface area contributed by atoms with Crippen LogP contribution in [0.5, 0.6) is 0 Å². The summed E-state index contributed by atoms with van der Waals surface area (Å²) in [6.45, 7) is 7.93. The van der Waals surface area contributed by atoms with E-state index < -0.39 is 0 Å². The molecule has 4 heteroatoms. The van der Waals surface area contributed by atoms with Gasteiger partial charge in [0.05, 0.1) is 6.20 Å². The number of rotatable bonds is 5. The van der Waals surface area contributed by atoms with Crippen LogP contribution in [0.15, 0.2) is 12.4 Å². The molecule has 0 saturated carbocycles. The molecule has 0 amide bonds. The zero-order valence-electron chi connectivity index (χ0n) is 11.2. The van der Waals surface area contributed by atoms with Crippen LogP contribution in [0.3, 0.4) is 0 Å². The standard InChI is InChI=1S/C13H24N4/c1-4-17(10-13-6-5-7-14-13)11(2)12-8-15-16(3)9-12/h8-9,11,13-14H,4-7,10H2,1-3H3. The van der Waals surface area contributed by atoms with E-state index in [4.69, 9.17) is 0 Å². The molecule has 2 heterocycles. The first-order valence-corrected chi connectivity index (χ1v) is 6.66. The molecule has 1 aromatic rings. The van der Waals surface area contributed by atoms with E-state index in [1.165, 1.54) is 24.9 Å². The highest BCUT2D eigenvalue weighted by molar-refractivity contribution is 5.09. The van der Waals surface area contributed by atoms with Gasteiger partial charge in [0.15, 0.2) is 0 Å². The van der Waals surface area contributed by atoms with Crippen LogP contribution in [0.2, 0.25) is 0 Å². The van der Waals surface area contributed by atoms with Crippen LogP contribution in [0.1, 0.15) is 38.3 Å². The summed E-state index contributed by atoms with van der Waals surface area (Å²) in [7, 11) is 1.98. The van der Waals surface area contributed by atoms with Crippen molar-refractivity contribution in [2.75, 3.05) is 19.6 Å². The van der Waals surface area contributed by atoms with Crippen LogP contribution < -0.4 is 5.32 Å². The first-order chi connectivity index (χ1) is 8.20. The van der Waals surface area contributed by atoms with E-state index >= 15 is 0 Å². The molecule has 0 spiro atoms. The van der Waals surface area contributed by atoms with Gasteiger partial charge in [0.1, 0.15) is 0 Å². The van der Waals surface area contributed by atoms with Crippen LogP contribution in [0, 0.1) is 0 Å². The lowest BCUT2D eigenvalue weighted by Gasteiger charge is -2.29. The molecule has 4 nitrogen and oxygen atoms in total. The van der Waals surface area contributed by atoms with Crippen molar-refractivity contribution in [1.82, 2.24) is 20.0 Å². The third kappa shape index (κ3) is 3.07. The summed E-state index contributed by atoms with van der Waals surface area (Å²) in [4.78, 5) is 2.53. The first-order valence-electron chi connectivity index (χ1n) is 6.66. The Morgan fingerprint density at radius 2 is 2.47 bits per heavy atom. The highest BCUT2D eigenvalue weighted by atomic mass is 15.3. The number of nitrogens with one attached hydrogen (secondary N) is 1. The Labute approximate surface area is 104 Å². The van der Waals surface area contributed by atoms with Crippen LogP contribution in [-0.2, 0) is 7.05 Å². The molecule has 1 fully saturated rings. The lowest BCUT2D eigenvalue weighted by molar-refractivity contribution is 0.202. The molecule has 0 radical (unpaired) electrons. The Balaban J connectivity index is 1.96. The summed E-state index contributed by atoms with van der Waals surface area (Å²) in [6.07, 6.45) is 6.74. The van der Waals surface area contributed by atoms with Crippen molar-refractivity contribution in [3.63, 3.8) is 0 Å². The molecule has 1 saturated heterocycles. The first kappa shape index (κ1) is 12.6. The number of likely N-dealkylation sites (N-methyl/N-ethyl adjacent to an activating group) is 1. The van der Waals surface area contributed by atoms with Gasteiger partial charge in [-0.25, -0.2) is 0 Å². The van der Waals surface area contributed by atoms with Crippen molar-refractivity contribution < 1.29 is 0 Å². The third-order valence-electron chi connectivity index (χ3n) is 3.78. The van der Waals surface area contributed by atoms with Crippen molar-refractivity contribution >= 4 is 0 Å². The van der Waals surface area contributed by atoms with E-state index in [1.807, 2.05) is 17.9 Å². The van der Waals surface area contributed by atoms with Crippen molar-refractivity contribution in [2.24, 2.45) is 7.05 Å². The fraction of sp³-hybridized carbons (Fsp3) is 0.769. The Morgan fingerprint density at radius 1 is 1.65 bits per heavy atom. The highest BCUT2D eigenvalue weighted by Crippen LogP contribution is 2.20. The van der Waals surface area contributed by atoms with Gasteiger partial charge in [-0.15, -0.1) is 0 Å². The number of aryl methyl sites for hydroxylation is 1. The van der Waals surface area contributed by atoms with E-state index in [0.717, 1.165) is 13.1 Å². The van der Waals surface area contributed by atoms with E-state index in [-0.39, 0.29) is 0 Å². The predicted octanol–water partition coefficient (Wildman–Crippen LogP) is 1.55. The van der Waals surface area contributed by atoms with E-state index in [1.54, 1.807) is 0 Å². The summed E-state index contributed by atoms with van der Waals surface area (Å²) in [6, 6.07) is 1.13. The van der Waals surface area contributed by atoms with Crippen molar-refractivity contribution in [3.05, 3.63) is 18.0 Å². The van der Waals surface area contributed by atoms with Crippen LogP contribution in [-0.4, -0.2) is 40.4 Å². The summed E-state index contributed by atoms with van der Waals surface area (Å²) < 4.78 is 1.88. The van der Waals surface area contributed by atoms with Crippen molar-refractivity contribution in [3.8, 4) is 0 Å². The van der Waals surface area contributed by atoms with Crippen LogP contribution in [0.4, 0.5) is 0 Å². The number of nitrogens with zero attached hydrogens (tertiary/aromatic N) is 3. The molecule has 17 heavy (non-hydrogen) atoms. The van der Waals surface area contributed by atoms with E-state index in [0.29, 0.717) is 12.1 Å². The second kappa shape index (κ2) is 5.65. The molecular formula is C13H24N4. The second-order valence-corrected chi connectivity index (χ2v) is 5.00. The number of aromatic nitrogens is 2. The van der Waals surface area contributed by atoms with Gasteiger partial charge in [0.2, 0.25) is 0 Å². The minimum absolute atomic E-state index is 0.455. The molecular weight excluding hydrogens is 212 g/mol. The Kier molecular flexibility index (Phi) is 4.18. The zero-order valence-corrected chi connectivity index (χ0v) is 11.2. The summed E-state index contributed by atoms with van der Waals surface area (Å²) in [5, 5.41) is 7.83. The molecule has 96 valence electrons. The smallest absolute Gasteiger partial charge is 0.0537 e. The topological polar surface area (TPSA) is 33.1 Å². The predicted molar refractivity (Wildman–Crippen MR) is 69.9 cm³/mol. The maximum atomic E-state index is 4.26. The molecule has 1 aromatic heterocycles. The third-order valence-corrected chi connectivity index (χ3v) is 3.78. The van der Waals surface area contributed by atoms with Gasteiger partial charge in [-0.3, -0.25) is 9.58 Å². The average Bonchev–Trinajstić information content (AvgIpc) is 2.96. The Hall–Kier alpha value is -0.870. The number of hydrogen-bond acceptors (Lipinski definition) is 3. The van der Waals surface area contributed by atoms with Gasteiger partial charge in [0.25, 0.3) is 0 Å². The van der Waals surface area contributed by atoms with Gasteiger partial charge in [0, 0.05) is 37.4 Å². The van der Waals surface area contributed by atoms with Gasteiger partial charge in [-0.2, -0.15) is 5.10 Å². The molecule has 2 unspecified atom stereocenters. The quantitative estimate of drug-likeness (QED) is 0.842. The van der Waals surface area contributed by atoms with Crippen molar-refractivity contribution in [1.29, 1.82) is 0 Å². The molecule has 1 N–H and O–H groups in total. The van der Waals surface area contributed by atoms with Crippen LogP contribution in [0.25, 0.3) is 0 Å². The summed E-state index contributed by atoms with van der Waals surface area (Å²) >= 11 is 0. The van der Waals surface area contributed by atoms with E-state index in [9.17, 15) is 0 Å². The largest absolute Gasteiger partial charge is 0.313 e. The van der Waals surface area contributed by atoms with Gasteiger partial charge in [-0.1, -0.05) is 6.92 Å². The fourth-order valence-electron chi connectivity index (χ4n) is 2.62. The Morgan fingerprint density at radius 3 is 3.00 bits per heavy atom. The van der Waals surface area contributed by atoms with Gasteiger partial charge in [-0.05, 0) is 32.9 Å². The highest BCUT2D eigenvalue weighted by Gasteiger charge is 2.21. The normalized spacial score (nSPS) is 22.2. The second-order valence-electron chi connectivity index (χ2n) is 5.00. The lowest BCUT2D eigenvalue weighted by atomic mass is 10.1. The Bertz CT molecular complexity index is 341. The van der Waals surface area contributed by atoms with Gasteiger partial charge >= 0.3 is 0 Å². The minimum atomic E-state index is 0.455. The molecule has 2 rings (SSSR count). The lowest BCUT2D eigenvalue weighted by Crippen LogP contribution is -2.38. The van der Waals surface area contributed by atoms with E-state index in [2.05, 4.69) is 35.4 Å². The monoisotopic (exact) mass is 236 g/mol. The molecule has 0 bridgehead atoms. The zero-order chi connectivity index (χ0) is 12.3. The molecule has 1 aliphatic heterocycles. The molecule has 0 aliphatic carbocycles. The molecule has 1 aliphatic rings. The average molecular weight is 236 g/mol. The maximum absolute atomic E-state index is 4.26.